The molecule has 150 valence electrons. The van der Waals surface area contributed by atoms with Crippen molar-refractivity contribution in [3.05, 3.63) is 59.1 Å². The standard InChI is InChI=1S/C20H18ClN9/c1-2-15(27-18-12(8-22)17(23)28-20(24)29-18)13-10-30(11-4-3-6-25-9-11)19-16(13)14(21)5-7-26-19/h3-7,9-10,15H,2H2,1H3,(H5,23,24,27,28,29). The molecule has 0 aliphatic heterocycles. The number of hydrogen-bond acceptors (Lipinski definition) is 8. The van der Waals surface area contributed by atoms with Gasteiger partial charge in [-0.1, -0.05) is 18.5 Å². The van der Waals surface area contributed by atoms with Crippen molar-refractivity contribution in [3.8, 4) is 11.8 Å². The normalized spacial score (nSPS) is 11.9. The van der Waals surface area contributed by atoms with Crippen LogP contribution in [0.15, 0.2) is 43.0 Å². The third kappa shape index (κ3) is 3.33. The van der Waals surface area contributed by atoms with E-state index in [1.165, 1.54) is 0 Å². The fraction of sp³-hybridized carbons (Fsp3) is 0.150. The molecule has 5 N–H and O–H groups in total. The molecule has 9 nitrogen and oxygen atoms in total. The lowest BCUT2D eigenvalue weighted by molar-refractivity contribution is 0.747. The van der Waals surface area contributed by atoms with Crippen molar-refractivity contribution < 1.29 is 0 Å². The summed E-state index contributed by atoms with van der Waals surface area (Å²) in [5.74, 6) is 0.290. The maximum absolute atomic E-state index is 9.48. The smallest absolute Gasteiger partial charge is 0.224 e. The van der Waals surface area contributed by atoms with Crippen molar-refractivity contribution in [2.45, 2.75) is 19.4 Å². The third-order valence-corrected chi connectivity index (χ3v) is 5.06. The van der Waals surface area contributed by atoms with E-state index in [9.17, 15) is 5.26 Å². The van der Waals surface area contributed by atoms with Crippen molar-refractivity contribution in [1.29, 1.82) is 5.26 Å². The third-order valence-electron chi connectivity index (χ3n) is 4.75. The number of aromatic nitrogens is 5. The molecule has 0 aliphatic carbocycles. The summed E-state index contributed by atoms with van der Waals surface area (Å²) < 4.78 is 1.93. The van der Waals surface area contributed by atoms with Crippen molar-refractivity contribution in [1.82, 2.24) is 24.5 Å². The van der Waals surface area contributed by atoms with Gasteiger partial charge in [0.25, 0.3) is 0 Å². The van der Waals surface area contributed by atoms with E-state index in [0.717, 1.165) is 16.6 Å². The molecule has 1 unspecified atom stereocenters. The molecule has 0 spiro atoms. The van der Waals surface area contributed by atoms with Gasteiger partial charge in [-0.25, -0.2) is 4.98 Å². The first-order valence-corrected chi connectivity index (χ1v) is 9.56. The van der Waals surface area contributed by atoms with Gasteiger partial charge in [-0.3, -0.25) is 9.55 Å². The molecule has 0 saturated heterocycles. The summed E-state index contributed by atoms with van der Waals surface area (Å²) in [7, 11) is 0. The summed E-state index contributed by atoms with van der Waals surface area (Å²) in [6, 6.07) is 7.33. The fourth-order valence-corrected chi connectivity index (χ4v) is 3.63. The Morgan fingerprint density at radius 3 is 2.80 bits per heavy atom. The van der Waals surface area contributed by atoms with Crippen LogP contribution in [0, 0.1) is 11.3 Å². The predicted molar refractivity (Wildman–Crippen MR) is 116 cm³/mol. The number of hydrogen-bond donors (Lipinski definition) is 3. The van der Waals surface area contributed by atoms with Gasteiger partial charge in [0, 0.05) is 29.5 Å². The van der Waals surface area contributed by atoms with Crippen molar-refractivity contribution in [2.75, 3.05) is 16.8 Å². The zero-order chi connectivity index (χ0) is 21.3. The van der Waals surface area contributed by atoms with Crippen molar-refractivity contribution in [3.63, 3.8) is 0 Å². The van der Waals surface area contributed by atoms with Gasteiger partial charge in [0.1, 0.15) is 23.1 Å². The monoisotopic (exact) mass is 419 g/mol. The SMILES string of the molecule is CCC(Nc1nc(N)nc(N)c1C#N)c1cn(-c2cccnc2)c2nccc(Cl)c12. The van der Waals surface area contributed by atoms with Crippen LogP contribution in [0.5, 0.6) is 0 Å². The Balaban J connectivity index is 1.87. The molecule has 1 atom stereocenters. The molecule has 4 aromatic rings. The minimum Gasteiger partial charge on any atom is -0.382 e. The largest absolute Gasteiger partial charge is 0.382 e. The second-order valence-corrected chi connectivity index (χ2v) is 6.97. The Kier molecular flexibility index (Phi) is 5.08. The van der Waals surface area contributed by atoms with Crippen LogP contribution in [-0.2, 0) is 0 Å². The number of pyridine rings is 2. The zero-order valence-electron chi connectivity index (χ0n) is 16.0. The number of halogens is 1. The van der Waals surface area contributed by atoms with Crippen LogP contribution in [0.1, 0.15) is 30.5 Å². The summed E-state index contributed by atoms with van der Waals surface area (Å²) in [6.07, 6.45) is 7.75. The second kappa shape index (κ2) is 7.85. The summed E-state index contributed by atoms with van der Waals surface area (Å²) >= 11 is 6.56. The Hall–Kier alpha value is -3.90. The molecule has 0 amide bonds. The minimum absolute atomic E-state index is 0.0126. The fourth-order valence-electron chi connectivity index (χ4n) is 3.38. The Morgan fingerprint density at radius 2 is 2.10 bits per heavy atom. The van der Waals surface area contributed by atoms with Gasteiger partial charge in [-0.15, -0.1) is 0 Å². The zero-order valence-corrected chi connectivity index (χ0v) is 16.8. The van der Waals surface area contributed by atoms with Crippen LogP contribution < -0.4 is 16.8 Å². The molecule has 0 aliphatic rings. The minimum atomic E-state index is -0.243. The maximum Gasteiger partial charge on any atom is 0.224 e. The van der Waals surface area contributed by atoms with Crippen LogP contribution in [0.4, 0.5) is 17.6 Å². The predicted octanol–water partition coefficient (Wildman–Crippen LogP) is 3.46. The van der Waals surface area contributed by atoms with Crippen LogP contribution in [0.2, 0.25) is 5.02 Å². The highest BCUT2D eigenvalue weighted by Gasteiger charge is 2.22. The number of nitriles is 1. The number of anilines is 3. The Morgan fingerprint density at radius 1 is 1.27 bits per heavy atom. The summed E-state index contributed by atoms with van der Waals surface area (Å²) in [4.78, 5) is 16.8. The number of fused-ring (bicyclic) bond motifs is 1. The number of nitrogens with zero attached hydrogens (tertiary/aromatic N) is 6. The average molecular weight is 420 g/mol. The first kappa shape index (κ1) is 19.4. The molecule has 0 aromatic carbocycles. The van der Waals surface area contributed by atoms with Gasteiger partial charge >= 0.3 is 0 Å². The first-order valence-electron chi connectivity index (χ1n) is 9.19. The van der Waals surface area contributed by atoms with Crippen molar-refractivity contribution in [2.24, 2.45) is 0 Å². The van der Waals surface area contributed by atoms with Crippen LogP contribution in [0.25, 0.3) is 16.7 Å². The number of nitrogens with two attached hydrogens (primary N) is 2. The lowest BCUT2D eigenvalue weighted by Crippen LogP contribution is -2.14. The quantitative estimate of drug-likeness (QED) is 0.446. The average Bonchev–Trinajstić information content (AvgIpc) is 3.13. The maximum atomic E-state index is 9.48. The molecule has 4 heterocycles. The lowest BCUT2D eigenvalue weighted by atomic mass is 10.0. The Labute approximate surface area is 177 Å². The van der Waals surface area contributed by atoms with E-state index in [2.05, 4.69) is 25.3 Å². The molecule has 4 aromatic heterocycles. The highest BCUT2D eigenvalue weighted by Crippen LogP contribution is 2.36. The molecule has 0 bridgehead atoms. The molecular formula is C20H18ClN9. The van der Waals surface area contributed by atoms with Gasteiger partial charge in [-0.05, 0) is 24.6 Å². The number of rotatable bonds is 5. The van der Waals surface area contributed by atoms with E-state index in [4.69, 9.17) is 23.1 Å². The van der Waals surface area contributed by atoms with Crippen molar-refractivity contribution >= 4 is 40.2 Å². The van der Waals surface area contributed by atoms with E-state index in [-0.39, 0.29) is 29.2 Å². The molecule has 0 radical (unpaired) electrons. The summed E-state index contributed by atoms with van der Waals surface area (Å²) in [5, 5.41) is 14.1. The lowest BCUT2D eigenvalue weighted by Gasteiger charge is -2.19. The number of nitrogen functional groups attached to an aromatic ring is 2. The van der Waals surface area contributed by atoms with E-state index in [1.54, 1.807) is 24.7 Å². The van der Waals surface area contributed by atoms with E-state index in [1.807, 2.05) is 35.9 Å². The van der Waals surface area contributed by atoms with E-state index < -0.39 is 0 Å². The topological polar surface area (TPSA) is 144 Å². The van der Waals surface area contributed by atoms with Gasteiger partial charge < -0.3 is 16.8 Å². The molecule has 10 heteroatoms. The van der Waals surface area contributed by atoms with E-state index >= 15 is 0 Å². The molecule has 0 saturated carbocycles. The molecule has 0 fully saturated rings. The van der Waals surface area contributed by atoms with Gasteiger partial charge in [0.2, 0.25) is 5.95 Å². The first-order chi connectivity index (χ1) is 14.5. The van der Waals surface area contributed by atoms with Gasteiger partial charge in [0.05, 0.1) is 22.9 Å². The van der Waals surface area contributed by atoms with Crippen LogP contribution >= 0.6 is 11.6 Å². The molecule has 4 rings (SSSR count). The highest BCUT2D eigenvalue weighted by molar-refractivity contribution is 6.35. The Bertz CT molecular complexity index is 1260. The number of nitrogens with one attached hydrogen (secondary N) is 1. The molecular weight excluding hydrogens is 402 g/mol. The van der Waals surface area contributed by atoms with Crippen LogP contribution in [0.3, 0.4) is 0 Å². The van der Waals surface area contributed by atoms with E-state index in [0.29, 0.717) is 17.1 Å². The highest BCUT2D eigenvalue weighted by atomic mass is 35.5. The summed E-state index contributed by atoms with van der Waals surface area (Å²) in [5.41, 5.74) is 14.2. The van der Waals surface area contributed by atoms with Crippen LogP contribution in [-0.4, -0.2) is 24.5 Å². The van der Waals surface area contributed by atoms with Gasteiger partial charge in [-0.2, -0.15) is 15.2 Å². The molecule has 30 heavy (non-hydrogen) atoms. The second-order valence-electron chi connectivity index (χ2n) is 6.56. The summed E-state index contributed by atoms with van der Waals surface area (Å²) in [6.45, 7) is 2.01. The van der Waals surface area contributed by atoms with Gasteiger partial charge in [0.15, 0.2) is 5.82 Å².